The van der Waals surface area contributed by atoms with Gasteiger partial charge in [0.05, 0.1) is 6.37 Å². The van der Waals surface area contributed by atoms with Gasteiger partial charge in [-0.15, -0.1) is 0 Å². The number of amides is 1. The third kappa shape index (κ3) is 1.05. The van der Waals surface area contributed by atoms with Crippen molar-refractivity contribution in [3.8, 4) is 0 Å². The Hall–Kier alpha value is -0.860. The average Bonchev–Trinajstić information content (AvgIpc) is 1.99. The summed E-state index contributed by atoms with van der Waals surface area (Å²) < 4.78 is 42.2. The summed E-state index contributed by atoms with van der Waals surface area (Å²) in [4.78, 5) is 22.1. The molecule has 1 amide bonds. The first kappa shape index (κ1) is 1.56. The van der Waals surface area contributed by atoms with E-state index in [9.17, 15) is 9.59 Å². The van der Waals surface area contributed by atoms with Crippen molar-refractivity contribution < 1.29 is 17.8 Å². The molecule has 0 aromatic heterocycles. The van der Waals surface area contributed by atoms with Gasteiger partial charge in [-0.3, -0.25) is 9.59 Å². The Morgan fingerprint density at radius 3 is 3.12 bits per heavy atom. The molecule has 1 aliphatic heterocycles. The standard InChI is InChI=1S/C5H7NO2/c7-4-1-2-6-5(8)3-4/h1-3H2,(H,6,8)/i1D2,2D2,3D2. The van der Waals surface area contributed by atoms with Gasteiger partial charge in [0.2, 0.25) is 5.91 Å². The van der Waals surface area contributed by atoms with Crippen LogP contribution >= 0.6 is 0 Å². The lowest BCUT2D eigenvalue weighted by molar-refractivity contribution is -0.130. The van der Waals surface area contributed by atoms with Gasteiger partial charge >= 0.3 is 0 Å². The van der Waals surface area contributed by atoms with Crippen molar-refractivity contribution in [3.05, 3.63) is 0 Å². The number of nitrogens with one attached hydrogen (secondary N) is 1. The zero-order valence-corrected chi connectivity index (χ0v) is 3.82. The summed E-state index contributed by atoms with van der Waals surface area (Å²) in [7, 11) is 0. The SMILES string of the molecule is [2H]C1([2H])C(=O)NC([2H])([2H])C([2H])([2H])C1=O. The second-order valence-electron chi connectivity index (χ2n) is 1.16. The van der Waals surface area contributed by atoms with E-state index in [2.05, 4.69) is 0 Å². The summed E-state index contributed by atoms with van der Waals surface area (Å²) >= 11 is 0. The number of hydrogen-bond acceptors (Lipinski definition) is 2. The van der Waals surface area contributed by atoms with Crippen LogP contribution in [0.5, 0.6) is 0 Å². The minimum absolute atomic E-state index is 1.46. The highest BCUT2D eigenvalue weighted by molar-refractivity contribution is 6.00. The fraction of sp³-hybridized carbons (Fsp3) is 0.600. The second-order valence-corrected chi connectivity index (χ2v) is 1.16. The van der Waals surface area contributed by atoms with Crippen LogP contribution < -0.4 is 5.32 Å². The van der Waals surface area contributed by atoms with E-state index < -0.39 is 30.9 Å². The largest absolute Gasteiger partial charge is 0.355 e. The molecule has 0 spiro atoms. The topological polar surface area (TPSA) is 46.2 Å². The normalized spacial score (nSPS) is 50.5. The van der Waals surface area contributed by atoms with Crippen LogP contribution in [-0.2, 0) is 9.59 Å². The van der Waals surface area contributed by atoms with Crippen molar-refractivity contribution in [3.63, 3.8) is 0 Å². The Morgan fingerprint density at radius 2 is 2.38 bits per heavy atom. The summed E-state index contributed by atoms with van der Waals surface area (Å²) in [6.45, 7) is -2.88. The van der Waals surface area contributed by atoms with Crippen LogP contribution in [-0.4, -0.2) is 18.2 Å². The van der Waals surface area contributed by atoms with Crippen LogP contribution in [0.2, 0.25) is 0 Å². The lowest BCUT2D eigenvalue weighted by Gasteiger charge is -2.08. The molecule has 1 fully saturated rings. The fourth-order valence-corrected chi connectivity index (χ4v) is 0.310. The molecule has 0 aromatic rings. The molecule has 1 saturated heterocycles. The highest BCUT2D eigenvalue weighted by Crippen LogP contribution is 1.94. The van der Waals surface area contributed by atoms with Gasteiger partial charge in [0.1, 0.15) is 5.78 Å². The zero-order chi connectivity index (χ0) is 11.4. The summed E-state index contributed by atoms with van der Waals surface area (Å²) in [5, 5.41) is 1.49. The van der Waals surface area contributed by atoms with E-state index in [1.54, 1.807) is 0 Å². The van der Waals surface area contributed by atoms with Crippen molar-refractivity contribution in [1.29, 1.82) is 0 Å². The predicted molar refractivity (Wildman–Crippen MR) is 27.3 cm³/mol. The van der Waals surface area contributed by atoms with E-state index in [-0.39, 0.29) is 0 Å². The van der Waals surface area contributed by atoms with Crippen LogP contribution in [0.15, 0.2) is 0 Å². The van der Waals surface area contributed by atoms with Crippen LogP contribution in [0.3, 0.4) is 0 Å². The van der Waals surface area contributed by atoms with Crippen LogP contribution in [0.25, 0.3) is 0 Å². The van der Waals surface area contributed by atoms with Gasteiger partial charge in [-0.25, -0.2) is 0 Å². The van der Waals surface area contributed by atoms with Crippen molar-refractivity contribution >= 4 is 11.7 Å². The van der Waals surface area contributed by atoms with Crippen molar-refractivity contribution in [2.45, 2.75) is 12.7 Å². The molecule has 0 unspecified atom stereocenters. The summed E-state index contributed by atoms with van der Waals surface area (Å²) in [6.07, 6.45) is -6.08. The molecule has 0 aromatic carbocycles. The molecule has 1 aliphatic rings. The summed E-state index contributed by atoms with van der Waals surface area (Å²) in [5.74, 6) is -3.15. The zero-order valence-electron chi connectivity index (χ0n) is 9.82. The first-order chi connectivity index (χ1) is 6.03. The van der Waals surface area contributed by atoms with Crippen LogP contribution in [0, 0.1) is 0 Å². The van der Waals surface area contributed by atoms with Crippen molar-refractivity contribution in [2.75, 3.05) is 6.50 Å². The lowest BCUT2D eigenvalue weighted by Crippen LogP contribution is -2.33. The average molecular weight is 119 g/mol. The minimum Gasteiger partial charge on any atom is -0.355 e. The fourth-order valence-electron chi connectivity index (χ4n) is 0.310. The van der Waals surface area contributed by atoms with Crippen molar-refractivity contribution in [1.82, 2.24) is 5.32 Å². The number of rotatable bonds is 0. The van der Waals surface area contributed by atoms with E-state index in [4.69, 9.17) is 8.22 Å². The maximum Gasteiger partial charge on any atom is 0.227 e. The molecular weight excluding hydrogens is 106 g/mol. The van der Waals surface area contributed by atoms with E-state index in [0.717, 1.165) is 0 Å². The van der Waals surface area contributed by atoms with E-state index in [0.29, 0.717) is 0 Å². The lowest BCUT2D eigenvalue weighted by atomic mass is 10.1. The van der Waals surface area contributed by atoms with Gasteiger partial charge in [-0.1, -0.05) is 0 Å². The number of carbonyl (C=O) groups is 2. The molecule has 0 atom stereocenters. The summed E-state index contributed by atoms with van der Waals surface area (Å²) in [6, 6.07) is 0. The summed E-state index contributed by atoms with van der Waals surface area (Å²) in [5.41, 5.74) is 0. The third-order valence-corrected chi connectivity index (χ3v) is 0.579. The molecule has 8 heavy (non-hydrogen) atoms. The van der Waals surface area contributed by atoms with Gasteiger partial charge in [0.25, 0.3) is 0 Å². The highest BCUT2D eigenvalue weighted by Gasteiger charge is 2.13. The smallest absolute Gasteiger partial charge is 0.227 e. The molecule has 3 heteroatoms. The highest BCUT2D eigenvalue weighted by atomic mass is 16.2. The molecule has 0 saturated carbocycles. The molecule has 3 nitrogen and oxygen atoms in total. The van der Waals surface area contributed by atoms with Gasteiger partial charge in [-0.2, -0.15) is 0 Å². The van der Waals surface area contributed by atoms with E-state index >= 15 is 0 Å². The number of piperidine rings is 1. The van der Waals surface area contributed by atoms with Crippen molar-refractivity contribution in [2.24, 2.45) is 0 Å². The molecule has 44 valence electrons. The van der Waals surface area contributed by atoms with Gasteiger partial charge < -0.3 is 5.32 Å². The molecule has 1 rings (SSSR count). The second kappa shape index (κ2) is 1.94. The third-order valence-electron chi connectivity index (χ3n) is 0.579. The first-order valence-corrected chi connectivity index (χ1v) is 1.91. The maximum absolute atomic E-state index is 11.1. The number of ketones is 1. The monoisotopic (exact) mass is 119 g/mol. The molecule has 0 bridgehead atoms. The Labute approximate surface area is 55.5 Å². The minimum atomic E-state index is -3.07. The molecule has 0 aliphatic carbocycles. The number of Topliss-reactive ketones (excluding diaryl/α,β-unsaturated/α-hetero) is 1. The quantitative estimate of drug-likeness (QED) is 0.435. The van der Waals surface area contributed by atoms with E-state index in [1.165, 1.54) is 5.32 Å². The van der Waals surface area contributed by atoms with Gasteiger partial charge in [0, 0.05) is 21.1 Å². The van der Waals surface area contributed by atoms with Crippen LogP contribution in [0.1, 0.15) is 21.0 Å². The van der Waals surface area contributed by atoms with Crippen LogP contribution in [0.4, 0.5) is 0 Å². The Kier molecular flexibility index (Phi) is 0.378. The predicted octanol–water partition coefficient (Wildman–Crippen LogP) is -0.534. The van der Waals surface area contributed by atoms with Gasteiger partial charge in [0.15, 0.2) is 0 Å². The maximum atomic E-state index is 11.1. The Morgan fingerprint density at radius 1 is 1.62 bits per heavy atom. The number of hydrogen-bond donors (Lipinski definition) is 1. The molecule has 1 heterocycles. The Bertz CT molecular complexity index is 311. The van der Waals surface area contributed by atoms with E-state index in [1.807, 2.05) is 0 Å². The Balaban J connectivity index is 3.24. The number of carbonyl (C=O) groups excluding carboxylic acids is 2. The molecule has 0 radical (unpaired) electrons. The van der Waals surface area contributed by atoms with Gasteiger partial charge in [-0.05, 0) is 0 Å². The molecular formula is C5H7NO2. The molecule has 1 N–H and O–H groups in total. The first-order valence-electron chi connectivity index (χ1n) is 4.91.